The molecule has 1 aromatic carbocycles. The van der Waals surface area contributed by atoms with Crippen LogP contribution in [0.2, 0.25) is 0 Å². The Labute approximate surface area is 79.3 Å². The summed E-state index contributed by atoms with van der Waals surface area (Å²) in [6.45, 7) is 0. The fraction of sp³-hybridized carbons (Fsp3) is 0.125. The summed E-state index contributed by atoms with van der Waals surface area (Å²) >= 11 is 0. The fourth-order valence-electron chi connectivity index (χ4n) is 1.04. The molecule has 0 saturated carbocycles. The molecule has 1 rings (SSSR count). The minimum absolute atomic E-state index is 0.0121. The van der Waals surface area contributed by atoms with E-state index >= 15 is 0 Å². The molecule has 2 N–H and O–H groups in total. The molecule has 0 aromatic heterocycles. The highest BCUT2D eigenvalue weighted by Gasteiger charge is 2.13. The average Bonchev–Trinajstić information content (AvgIpc) is 2.16. The zero-order valence-corrected chi connectivity index (χ0v) is 7.35. The second-order valence-electron chi connectivity index (χ2n) is 2.54. The average molecular weight is 196 g/mol. The number of benzene rings is 1. The van der Waals surface area contributed by atoms with Gasteiger partial charge in [-0.15, -0.1) is 0 Å². The molecule has 0 aliphatic heterocycles. The van der Waals surface area contributed by atoms with E-state index in [9.17, 15) is 14.9 Å². The quantitative estimate of drug-likeness (QED) is 0.562. The summed E-state index contributed by atoms with van der Waals surface area (Å²) in [6.07, 6.45) is 0. The molecule has 0 radical (unpaired) electrons. The fourth-order valence-corrected chi connectivity index (χ4v) is 1.04. The van der Waals surface area contributed by atoms with Gasteiger partial charge in [-0.2, -0.15) is 0 Å². The van der Waals surface area contributed by atoms with Crippen molar-refractivity contribution in [2.45, 2.75) is 0 Å². The Kier molecular flexibility index (Phi) is 2.66. The van der Waals surface area contributed by atoms with Gasteiger partial charge in [-0.25, -0.2) is 4.79 Å². The summed E-state index contributed by atoms with van der Waals surface area (Å²) in [5, 5.41) is 21.7. The van der Waals surface area contributed by atoms with Crippen molar-refractivity contribution in [2.24, 2.45) is 0 Å². The Balaban J connectivity index is 3.25. The number of hydrogen-bond donors (Lipinski definition) is 2. The maximum atomic E-state index is 10.7. The third kappa shape index (κ3) is 1.79. The lowest BCUT2D eigenvalue weighted by atomic mass is 10.1. The largest absolute Gasteiger partial charge is 0.478 e. The summed E-state index contributed by atoms with van der Waals surface area (Å²) in [6, 6.07) is 3.54. The van der Waals surface area contributed by atoms with Crippen molar-refractivity contribution in [3.63, 3.8) is 0 Å². The zero-order valence-electron chi connectivity index (χ0n) is 7.35. The number of nitrogens with zero attached hydrogens (tertiary/aromatic N) is 1. The lowest BCUT2D eigenvalue weighted by Gasteiger charge is -2.03. The first-order valence-corrected chi connectivity index (χ1v) is 3.75. The summed E-state index contributed by atoms with van der Waals surface area (Å²) < 4.78 is 0. The van der Waals surface area contributed by atoms with Crippen LogP contribution in [0.5, 0.6) is 0 Å². The number of nitro groups is 1. The van der Waals surface area contributed by atoms with Crippen molar-refractivity contribution in [3.05, 3.63) is 33.9 Å². The number of carboxylic acid groups (broad SMARTS) is 1. The van der Waals surface area contributed by atoms with E-state index in [4.69, 9.17) is 5.11 Å². The number of anilines is 1. The third-order valence-corrected chi connectivity index (χ3v) is 1.71. The van der Waals surface area contributed by atoms with Gasteiger partial charge >= 0.3 is 5.97 Å². The second-order valence-corrected chi connectivity index (χ2v) is 2.54. The van der Waals surface area contributed by atoms with Gasteiger partial charge in [0.05, 0.1) is 16.2 Å². The number of carbonyl (C=O) groups is 1. The Bertz CT molecular complexity index is 389. The number of aromatic carboxylic acids is 1. The Morgan fingerprint density at radius 1 is 1.57 bits per heavy atom. The van der Waals surface area contributed by atoms with Crippen LogP contribution in [0, 0.1) is 10.1 Å². The number of rotatable bonds is 3. The standard InChI is InChI=1S/C8H8N2O4/c1-9-7-4-5(10(13)14)2-3-6(7)8(11)12/h2-4,9H,1H3,(H,11,12). The van der Waals surface area contributed by atoms with Gasteiger partial charge in [0.2, 0.25) is 0 Å². The highest BCUT2D eigenvalue weighted by atomic mass is 16.6. The minimum Gasteiger partial charge on any atom is -0.478 e. The Morgan fingerprint density at radius 3 is 2.64 bits per heavy atom. The van der Waals surface area contributed by atoms with E-state index in [-0.39, 0.29) is 16.9 Å². The third-order valence-electron chi connectivity index (χ3n) is 1.71. The van der Waals surface area contributed by atoms with Crippen LogP contribution in [0.1, 0.15) is 10.4 Å². The van der Waals surface area contributed by atoms with Crippen molar-refractivity contribution in [3.8, 4) is 0 Å². The summed E-state index contributed by atoms with van der Waals surface area (Å²) in [5.41, 5.74) is 0.101. The molecule has 0 heterocycles. The first kappa shape index (κ1) is 9.97. The van der Waals surface area contributed by atoms with Crippen molar-refractivity contribution < 1.29 is 14.8 Å². The first-order valence-electron chi connectivity index (χ1n) is 3.75. The molecule has 0 saturated heterocycles. The molecule has 0 fully saturated rings. The van der Waals surface area contributed by atoms with Gasteiger partial charge in [0.1, 0.15) is 0 Å². The van der Waals surface area contributed by atoms with Crippen LogP contribution in [0.25, 0.3) is 0 Å². The molecular weight excluding hydrogens is 188 g/mol. The van der Waals surface area contributed by atoms with E-state index in [2.05, 4.69) is 5.32 Å². The van der Waals surface area contributed by atoms with E-state index < -0.39 is 10.9 Å². The Morgan fingerprint density at radius 2 is 2.21 bits per heavy atom. The van der Waals surface area contributed by atoms with Crippen LogP contribution >= 0.6 is 0 Å². The van der Waals surface area contributed by atoms with Crippen molar-refractivity contribution in [1.82, 2.24) is 0 Å². The summed E-state index contributed by atoms with van der Waals surface area (Å²) in [4.78, 5) is 20.5. The highest BCUT2D eigenvalue weighted by Crippen LogP contribution is 2.21. The second kappa shape index (κ2) is 3.73. The number of nitro benzene ring substituents is 1. The molecule has 6 heteroatoms. The van der Waals surface area contributed by atoms with E-state index in [1.165, 1.54) is 19.2 Å². The van der Waals surface area contributed by atoms with Crippen LogP contribution in [0.4, 0.5) is 11.4 Å². The van der Waals surface area contributed by atoms with Crippen molar-refractivity contribution >= 4 is 17.3 Å². The smallest absolute Gasteiger partial charge is 0.337 e. The zero-order chi connectivity index (χ0) is 10.7. The normalized spacial score (nSPS) is 9.50. The summed E-state index contributed by atoms with van der Waals surface area (Å²) in [7, 11) is 1.51. The van der Waals surface area contributed by atoms with Crippen molar-refractivity contribution in [2.75, 3.05) is 12.4 Å². The molecule has 0 aliphatic rings. The SMILES string of the molecule is CNc1cc([N+](=O)[O-])ccc1C(=O)O. The van der Waals surface area contributed by atoms with Crippen LogP contribution < -0.4 is 5.32 Å². The van der Waals surface area contributed by atoms with Crippen LogP contribution in [-0.2, 0) is 0 Å². The van der Waals surface area contributed by atoms with Gasteiger partial charge in [-0.05, 0) is 6.07 Å². The maximum absolute atomic E-state index is 10.7. The van der Waals surface area contributed by atoms with E-state index in [1.807, 2.05) is 0 Å². The topological polar surface area (TPSA) is 92.5 Å². The molecule has 0 unspecified atom stereocenters. The molecule has 74 valence electrons. The van der Waals surface area contributed by atoms with Crippen molar-refractivity contribution in [1.29, 1.82) is 0 Å². The molecule has 0 amide bonds. The number of non-ortho nitro benzene ring substituents is 1. The predicted molar refractivity (Wildman–Crippen MR) is 49.6 cm³/mol. The molecule has 0 aliphatic carbocycles. The minimum atomic E-state index is -1.12. The first-order chi connectivity index (χ1) is 6.56. The van der Waals surface area contributed by atoms with E-state index in [0.29, 0.717) is 0 Å². The van der Waals surface area contributed by atoms with Gasteiger partial charge in [-0.1, -0.05) is 0 Å². The number of nitrogens with one attached hydrogen (secondary N) is 1. The lowest BCUT2D eigenvalue weighted by molar-refractivity contribution is -0.384. The number of carboxylic acids is 1. The molecule has 0 bridgehead atoms. The molecule has 0 atom stereocenters. The number of hydrogen-bond acceptors (Lipinski definition) is 4. The van der Waals surface area contributed by atoms with Crippen LogP contribution in [0.15, 0.2) is 18.2 Å². The van der Waals surface area contributed by atoms with E-state index in [0.717, 1.165) is 6.07 Å². The molecule has 1 aromatic rings. The molecule has 6 nitrogen and oxygen atoms in total. The molecule has 0 spiro atoms. The van der Waals surface area contributed by atoms with E-state index in [1.54, 1.807) is 0 Å². The van der Waals surface area contributed by atoms with Gasteiger partial charge in [0.15, 0.2) is 0 Å². The Hall–Kier alpha value is -2.11. The lowest BCUT2D eigenvalue weighted by Crippen LogP contribution is -2.03. The maximum Gasteiger partial charge on any atom is 0.337 e. The van der Waals surface area contributed by atoms with Gasteiger partial charge in [0, 0.05) is 19.2 Å². The summed E-state index contributed by atoms with van der Waals surface area (Å²) in [5.74, 6) is -1.12. The molecule has 14 heavy (non-hydrogen) atoms. The van der Waals surface area contributed by atoms with Crippen LogP contribution in [0.3, 0.4) is 0 Å². The molecular formula is C8H8N2O4. The predicted octanol–water partition coefficient (Wildman–Crippen LogP) is 1.33. The van der Waals surface area contributed by atoms with Crippen LogP contribution in [-0.4, -0.2) is 23.0 Å². The van der Waals surface area contributed by atoms with Gasteiger partial charge in [-0.3, -0.25) is 10.1 Å². The van der Waals surface area contributed by atoms with Gasteiger partial charge < -0.3 is 10.4 Å². The van der Waals surface area contributed by atoms with Gasteiger partial charge in [0.25, 0.3) is 5.69 Å². The highest BCUT2D eigenvalue weighted by molar-refractivity contribution is 5.94. The monoisotopic (exact) mass is 196 g/mol.